The molecule has 0 bridgehead atoms. The van der Waals surface area contributed by atoms with Gasteiger partial charge in [0.1, 0.15) is 0 Å². The number of carbonyl (C=O) groups excluding carboxylic acids is 3. The fourth-order valence-electron chi connectivity index (χ4n) is 1.36. The Labute approximate surface area is 99.6 Å². The van der Waals surface area contributed by atoms with Crippen molar-refractivity contribution in [2.24, 2.45) is 0 Å². The normalized spacial score (nSPS) is 9.76. The third-order valence-corrected chi connectivity index (χ3v) is 2.42. The van der Waals surface area contributed by atoms with E-state index in [0.29, 0.717) is 5.56 Å². The lowest BCUT2D eigenvalue weighted by Crippen LogP contribution is -2.19. The maximum absolute atomic E-state index is 11.6. The van der Waals surface area contributed by atoms with E-state index in [1.807, 2.05) is 19.1 Å². The fraction of sp³-hybridized carbons (Fsp3) is 0.308. The highest BCUT2D eigenvalue weighted by Crippen LogP contribution is 2.08. The number of carbonyl (C=O) groups is 3. The minimum atomic E-state index is -0.983. The molecule has 0 aliphatic heterocycles. The predicted octanol–water partition coefficient (Wildman–Crippen LogP) is 1.56. The Balaban J connectivity index is 2.70. The van der Waals surface area contributed by atoms with E-state index < -0.39 is 18.2 Å². The van der Waals surface area contributed by atoms with Gasteiger partial charge in [0.2, 0.25) is 5.78 Å². The molecule has 90 valence electrons. The van der Waals surface area contributed by atoms with Gasteiger partial charge >= 0.3 is 5.97 Å². The maximum Gasteiger partial charge on any atom is 0.374 e. The Morgan fingerprint density at radius 2 is 1.71 bits per heavy atom. The number of hydrogen-bond donors (Lipinski definition) is 0. The fourth-order valence-corrected chi connectivity index (χ4v) is 1.36. The summed E-state index contributed by atoms with van der Waals surface area (Å²) >= 11 is 0. The van der Waals surface area contributed by atoms with Gasteiger partial charge in [0, 0.05) is 5.56 Å². The molecule has 0 aliphatic carbocycles. The van der Waals surface area contributed by atoms with Crippen molar-refractivity contribution in [2.75, 3.05) is 7.11 Å². The Morgan fingerprint density at radius 3 is 2.18 bits per heavy atom. The molecule has 0 N–H and O–H groups in total. The summed E-state index contributed by atoms with van der Waals surface area (Å²) in [4.78, 5) is 33.7. The van der Waals surface area contributed by atoms with Crippen LogP contribution in [0.5, 0.6) is 0 Å². The molecule has 4 heteroatoms. The van der Waals surface area contributed by atoms with E-state index in [-0.39, 0.29) is 5.78 Å². The SMILES string of the molecule is CCc1ccc(C(=O)CC(=O)C(=O)OC)cc1. The third-order valence-electron chi connectivity index (χ3n) is 2.42. The number of esters is 1. The van der Waals surface area contributed by atoms with Crippen molar-refractivity contribution in [1.29, 1.82) is 0 Å². The van der Waals surface area contributed by atoms with Gasteiger partial charge in [0.25, 0.3) is 0 Å². The van der Waals surface area contributed by atoms with Crippen molar-refractivity contribution >= 4 is 17.5 Å². The monoisotopic (exact) mass is 234 g/mol. The summed E-state index contributed by atoms with van der Waals surface area (Å²) in [7, 11) is 1.11. The van der Waals surface area contributed by atoms with Crippen LogP contribution < -0.4 is 0 Å². The number of hydrogen-bond acceptors (Lipinski definition) is 4. The van der Waals surface area contributed by atoms with Crippen LogP contribution in [0, 0.1) is 0 Å². The molecule has 0 heterocycles. The highest BCUT2D eigenvalue weighted by atomic mass is 16.5. The van der Waals surface area contributed by atoms with Gasteiger partial charge in [-0.25, -0.2) is 4.79 Å². The summed E-state index contributed by atoms with van der Waals surface area (Å²) in [5, 5.41) is 0. The molecule has 0 spiro atoms. The average Bonchev–Trinajstić information content (AvgIpc) is 2.37. The van der Waals surface area contributed by atoms with E-state index in [9.17, 15) is 14.4 Å². The first-order valence-corrected chi connectivity index (χ1v) is 5.31. The van der Waals surface area contributed by atoms with Gasteiger partial charge in [-0.3, -0.25) is 9.59 Å². The van der Waals surface area contributed by atoms with E-state index in [4.69, 9.17) is 0 Å². The van der Waals surface area contributed by atoms with E-state index in [2.05, 4.69) is 4.74 Å². The summed E-state index contributed by atoms with van der Waals surface area (Å²) in [6.07, 6.45) is 0.438. The van der Waals surface area contributed by atoms with E-state index in [1.165, 1.54) is 0 Å². The summed E-state index contributed by atoms with van der Waals surface area (Å²) < 4.78 is 4.24. The molecule has 0 unspecified atom stereocenters. The van der Waals surface area contributed by atoms with Crippen molar-refractivity contribution in [1.82, 2.24) is 0 Å². The van der Waals surface area contributed by atoms with Gasteiger partial charge in [-0.1, -0.05) is 31.2 Å². The lowest BCUT2D eigenvalue weighted by Gasteiger charge is -2.01. The van der Waals surface area contributed by atoms with Crippen LogP contribution in [0.1, 0.15) is 29.3 Å². The maximum atomic E-state index is 11.6. The standard InChI is InChI=1S/C13H14O4/c1-3-9-4-6-10(7-5-9)11(14)8-12(15)13(16)17-2/h4-7H,3,8H2,1-2H3. The molecule has 0 fully saturated rings. The molecule has 4 nitrogen and oxygen atoms in total. The molecule has 0 atom stereocenters. The van der Waals surface area contributed by atoms with Crippen LogP contribution in [-0.4, -0.2) is 24.6 Å². The molecule has 0 aliphatic rings. The highest BCUT2D eigenvalue weighted by Gasteiger charge is 2.19. The lowest BCUT2D eigenvalue weighted by molar-refractivity contribution is -0.151. The molecule has 1 aromatic rings. The average molecular weight is 234 g/mol. The lowest BCUT2D eigenvalue weighted by atomic mass is 10.0. The van der Waals surface area contributed by atoms with Crippen LogP contribution in [0.3, 0.4) is 0 Å². The second kappa shape index (κ2) is 5.94. The Kier molecular flexibility index (Phi) is 4.57. The summed E-state index contributed by atoms with van der Waals surface area (Å²) in [5.74, 6) is -2.18. The number of ketones is 2. The van der Waals surface area contributed by atoms with Crippen molar-refractivity contribution in [3.63, 3.8) is 0 Å². The first-order chi connectivity index (χ1) is 8.08. The van der Waals surface area contributed by atoms with Crippen molar-refractivity contribution in [3.8, 4) is 0 Å². The minimum Gasteiger partial charge on any atom is -0.463 e. The van der Waals surface area contributed by atoms with Gasteiger partial charge in [-0.05, 0) is 12.0 Å². The third kappa shape index (κ3) is 3.52. The second-order valence-corrected chi connectivity index (χ2v) is 3.57. The number of methoxy groups -OCH3 is 1. The zero-order valence-electron chi connectivity index (χ0n) is 9.86. The van der Waals surface area contributed by atoms with Gasteiger partial charge in [0.15, 0.2) is 5.78 Å². The number of rotatable bonds is 5. The Bertz CT molecular complexity index is 431. The number of Topliss-reactive ketones (excluding diaryl/α,β-unsaturated/α-hetero) is 2. The molecule has 17 heavy (non-hydrogen) atoms. The second-order valence-electron chi connectivity index (χ2n) is 3.57. The first-order valence-electron chi connectivity index (χ1n) is 5.31. The first kappa shape index (κ1) is 13.1. The number of aryl methyl sites for hydroxylation is 1. The van der Waals surface area contributed by atoms with Gasteiger partial charge in [0.05, 0.1) is 13.5 Å². The molecule has 1 rings (SSSR count). The van der Waals surface area contributed by atoms with Crippen molar-refractivity contribution in [2.45, 2.75) is 19.8 Å². The molecule has 1 aromatic carbocycles. The predicted molar refractivity (Wildman–Crippen MR) is 61.8 cm³/mol. The molecular weight excluding hydrogens is 220 g/mol. The van der Waals surface area contributed by atoms with E-state index in [1.54, 1.807) is 12.1 Å². The smallest absolute Gasteiger partial charge is 0.374 e. The van der Waals surface area contributed by atoms with Crippen LogP contribution in [0.2, 0.25) is 0 Å². The van der Waals surface area contributed by atoms with Crippen LogP contribution >= 0.6 is 0 Å². The zero-order chi connectivity index (χ0) is 12.8. The van der Waals surface area contributed by atoms with Crippen LogP contribution in [-0.2, 0) is 20.7 Å². The summed E-state index contributed by atoms with van der Waals surface area (Å²) in [5.41, 5.74) is 1.54. The van der Waals surface area contributed by atoms with E-state index >= 15 is 0 Å². The molecule has 0 aromatic heterocycles. The van der Waals surface area contributed by atoms with Gasteiger partial charge in [-0.2, -0.15) is 0 Å². The van der Waals surface area contributed by atoms with E-state index in [0.717, 1.165) is 19.1 Å². The molecule has 0 radical (unpaired) electrons. The van der Waals surface area contributed by atoms with Crippen LogP contribution in [0.4, 0.5) is 0 Å². The molecular formula is C13H14O4. The topological polar surface area (TPSA) is 60.4 Å². The van der Waals surface area contributed by atoms with Gasteiger partial charge < -0.3 is 4.74 Å². The Morgan fingerprint density at radius 1 is 1.12 bits per heavy atom. The van der Waals surface area contributed by atoms with Crippen LogP contribution in [0.25, 0.3) is 0 Å². The molecule has 0 saturated heterocycles. The summed E-state index contributed by atoms with van der Waals surface area (Å²) in [6.45, 7) is 2.01. The van der Waals surface area contributed by atoms with Crippen LogP contribution in [0.15, 0.2) is 24.3 Å². The quantitative estimate of drug-likeness (QED) is 0.336. The number of benzene rings is 1. The van der Waals surface area contributed by atoms with Crippen molar-refractivity contribution in [3.05, 3.63) is 35.4 Å². The minimum absolute atomic E-state index is 0.372. The van der Waals surface area contributed by atoms with Gasteiger partial charge in [-0.15, -0.1) is 0 Å². The molecule has 0 amide bonds. The highest BCUT2D eigenvalue weighted by molar-refractivity contribution is 6.38. The number of ether oxygens (including phenoxy) is 1. The zero-order valence-corrected chi connectivity index (χ0v) is 9.86. The largest absolute Gasteiger partial charge is 0.463 e. The summed E-state index contributed by atoms with van der Waals surface area (Å²) in [6, 6.07) is 6.98. The molecule has 0 saturated carbocycles. The Hall–Kier alpha value is -1.97. The van der Waals surface area contributed by atoms with Crippen molar-refractivity contribution < 1.29 is 19.1 Å².